The van der Waals surface area contributed by atoms with E-state index in [0.717, 1.165) is 27.4 Å². The molecule has 2 aromatic carbocycles. The Bertz CT molecular complexity index is 877. The number of carbonyl (C=O) groups is 3. The summed E-state index contributed by atoms with van der Waals surface area (Å²) < 4.78 is 5.05. The summed E-state index contributed by atoms with van der Waals surface area (Å²) in [6, 6.07) is 13.1. The molecule has 27 heavy (non-hydrogen) atoms. The van der Waals surface area contributed by atoms with E-state index in [4.69, 9.17) is 4.74 Å². The Kier molecular flexibility index (Phi) is 5.81. The summed E-state index contributed by atoms with van der Waals surface area (Å²) in [5.74, 6) is -1.24. The van der Waals surface area contributed by atoms with Crippen LogP contribution in [0.3, 0.4) is 0 Å². The van der Waals surface area contributed by atoms with E-state index >= 15 is 0 Å². The third-order valence-corrected chi connectivity index (χ3v) is 5.44. The predicted molar refractivity (Wildman–Crippen MR) is 105 cm³/mol. The van der Waals surface area contributed by atoms with Gasteiger partial charge in [-0.1, -0.05) is 30.3 Å². The maximum atomic E-state index is 12.1. The molecule has 7 heteroatoms. The molecule has 3 rings (SSSR count). The molecule has 0 bridgehead atoms. The minimum absolute atomic E-state index is 0.0957. The lowest BCUT2D eigenvalue weighted by molar-refractivity contribution is -0.147. The molecule has 0 fully saturated rings. The van der Waals surface area contributed by atoms with Crippen molar-refractivity contribution >= 4 is 40.9 Å². The van der Waals surface area contributed by atoms with Crippen LogP contribution >= 0.6 is 11.8 Å². The highest BCUT2D eigenvalue weighted by Gasteiger charge is 2.29. The number of nitrogens with one attached hydrogen (secondary N) is 2. The van der Waals surface area contributed by atoms with Gasteiger partial charge in [0, 0.05) is 10.6 Å². The van der Waals surface area contributed by atoms with Gasteiger partial charge in [0.05, 0.1) is 17.4 Å². The number of para-hydroxylation sites is 2. The molecular weight excluding hydrogens is 364 g/mol. The van der Waals surface area contributed by atoms with E-state index in [-0.39, 0.29) is 18.9 Å². The number of hydrogen-bond donors (Lipinski definition) is 2. The third kappa shape index (κ3) is 4.68. The second-order valence-electron chi connectivity index (χ2n) is 6.27. The predicted octanol–water partition coefficient (Wildman–Crippen LogP) is 3.29. The summed E-state index contributed by atoms with van der Waals surface area (Å²) in [4.78, 5) is 37.2. The van der Waals surface area contributed by atoms with Crippen molar-refractivity contribution in [3.63, 3.8) is 0 Å². The number of thioether (sulfide) groups is 1. The number of anilines is 2. The standard InChI is InChI=1S/C20H20N2O4S/c1-12-6-5-7-13(2)19(12)22-17(23)11-26-18(24)10-16-20(25)21-14-8-3-4-9-15(14)27-16/h3-9,16H,10-11H2,1-2H3,(H,21,25)(H,22,23). The summed E-state index contributed by atoms with van der Waals surface area (Å²) in [5.41, 5.74) is 3.33. The normalized spacial score (nSPS) is 15.5. The van der Waals surface area contributed by atoms with Crippen molar-refractivity contribution in [3.8, 4) is 0 Å². The highest BCUT2D eigenvalue weighted by Crippen LogP contribution is 2.36. The molecule has 1 heterocycles. The Morgan fingerprint density at radius 3 is 2.56 bits per heavy atom. The molecule has 0 saturated carbocycles. The fourth-order valence-corrected chi connectivity index (χ4v) is 3.87. The van der Waals surface area contributed by atoms with Gasteiger partial charge in [-0.15, -0.1) is 11.8 Å². The first-order valence-electron chi connectivity index (χ1n) is 8.52. The number of rotatable bonds is 5. The number of esters is 1. The average molecular weight is 384 g/mol. The Balaban J connectivity index is 1.51. The number of fused-ring (bicyclic) bond motifs is 1. The van der Waals surface area contributed by atoms with Crippen LogP contribution in [0.5, 0.6) is 0 Å². The van der Waals surface area contributed by atoms with Crippen molar-refractivity contribution < 1.29 is 19.1 Å². The summed E-state index contributed by atoms with van der Waals surface area (Å²) in [6.45, 7) is 3.40. The van der Waals surface area contributed by atoms with Gasteiger partial charge in [0.15, 0.2) is 6.61 Å². The zero-order chi connectivity index (χ0) is 19.4. The minimum atomic E-state index is -0.585. The van der Waals surface area contributed by atoms with Gasteiger partial charge in [-0.2, -0.15) is 0 Å². The Morgan fingerprint density at radius 2 is 1.81 bits per heavy atom. The Morgan fingerprint density at radius 1 is 1.11 bits per heavy atom. The van der Waals surface area contributed by atoms with E-state index in [0.29, 0.717) is 0 Å². The van der Waals surface area contributed by atoms with Crippen molar-refractivity contribution in [2.24, 2.45) is 0 Å². The first-order valence-corrected chi connectivity index (χ1v) is 9.40. The molecule has 2 aromatic rings. The molecule has 0 aromatic heterocycles. The maximum Gasteiger partial charge on any atom is 0.307 e. The molecule has 0 spiro atoms. The number of benzene rings is 2. The van der Waals surface area contributed by atoms with Crippen LogP contribution in [0.2, 0.25) is 0 Å². The molecule has 6 nitrogen and oxygen atoms in total. The zero-order valence-electron chi connectivity index (χ0n) is 15.1. The Labute approximate surface area is 161 Å². The quantitative estimate of drug-likeness (QED) is 0.773. The number of ether oxygens (including phenoxy) is 1. The van der Waals surface area contributed by atoms with Crippen LogP contribution in [0.25, 0.3) is 0 Å². The molecule has 140 valence electrons. The highest BCUT2D eigenvalue weighted by molar-refractivity contribution is 8.01. The molecule has 2 amide bonds. The van der Waals surface area contributed by atoms with Crippen molar-refractivity contribution in [1.82, 2.24) is 0 Å². The molecule has 1 unspecified atom stereocenters. The lowest BCUT2D eigenvalue weighted by Gasteiger charge is -2.23. The van der Waals surface area contributed by atoms with Gasteiger partial charge < -0.3 is 15.4 Å². The summed E-state index contributed by atoms with van der Waals surface area (Å²) in [5, 5.41) is 4.96. The lowest BCUT2D eigenvalue weighted by Crippen LogP contribution is -2.32. The summed E-state index contributed by atoms with van der Waals surface area (Å²) in [6.07, 6.45) is -0.0957. The van der Waals surface area contributed by atoms with E-state index in [1.54, 1.807) is 0 Å². The molecule has 0 saturated heterocycles. The van der Waals surface area contributed by atoms with Crippen LogP contribution in [0.4, 0.5) is 11.4 Å². The number of hydrogen-bond acceptors (Lipinski definition) is 5. The van der Waals surface area contributed by atoms with Gasteiger partial charge in [-0.3, -0.25) is 14.4 Å². The second kappa shape index (κ2) is 8.26. The maximum absolute atomic E-state index is 12.1. The average Bonchev–Trinajstić information content (AvgIpc) is 2.64. The van der Waals surface area contributed by atoms with Crippen LogP contribution < -0.4 is 10.6 Å². The van der Waals surface area contributed by atoms with Crippen molar-refractivity contribution in [3.05, 3.63) is 53.6 Å². The fraction of sp³-hybridized carbons (Fsp3) is 0.250. The topological polar surface area (TPSA) is 84.5 Å². The number of carbonyl (C=O) groups excluding carboxylic acids is 3. The van der Waals surface area contributed by atoms with Crippen LogP contribution in [-0.4, -0.2) is 29.6 Å². The first-order chi connectivity index (χ1) is 12.9. The summed E-state index contributed by atoms with van der Waals surface area (Å²) >= 11 is 1.32. The van der Waals surface area contributed by atoms with Crippen LogP contribution in [0.1, 0.15) is 17.5 Å². The lowest BCUT2D eigenvalue weighted by atomic mass is 10.1. The van der Waals surface area contributed by atoms with Gasteiger partial charge in [0.1, 0.15) is 0 Å². The smallest absolute Gasteiger partial charge is 0.307 e. The van der Waals surface area contributed by atoms with E-state index in [1.807, 2.05) is 56.3 Å². The molecule has 1 aliphatic rings. The molecule has 2 N–H and O–H groups in total. The molecule has 1 atom stereocenters. The molecule has 0 aliphatic carbocycles. The number of amides is 2. The van der Waals surface area contributed by atoms with Crippen LogP contribution in [-0.2, 0) is 19.1 Å². The van der Waals surface area contributed by atoms with Crippen molar-refractivity contribution in [1.29, 1.82) is 0 Å². The van der Waals surface area contributed by atoms with E-state index in [2.05, 4.69) is 10.6 Å². The monoisotopic (exact) mass is 384 g/mol. The molecular formula is C20H20N2O4S. The highest BCUT2D eigenvalue weighted by atomic mass is 32.2. The van der Waals surface area contributed by atoms with Crippen molar-refractivity contribution in [2.75, 3.05) is 17.2 Å². The minimum Gasteiger partial charge on any atom is -0.456 e. The second-order valence-corrected chi connectivity index (χ2v) is 7.52. The van der Waals surface area contributed by atoms with E-state index < -0.39 is 17.1 Å². The third-order valence-electron chi connectivity index (χ3n) is 4.17. The number of aryl methyl sites for hydroxylation is 2. The van der Waals surface area contributed by atoms with Gasteiger partial charge in [0.2, 0.25) is 5.91 Å². The van der Waals surface area contributed by atoms with Crippen LogP contribution in [0, 0.1) is 13.8 Å². The van der Waals surface area contributed by atoms with Gasteiger partial charge >= 0.3 is 5.97 Å². The van der Waals surface area contributed by atoms with E-state index in [9.17, 15) is 14.4 Å². The van der Waals surface area contributed by atoms with Crippen LogP contribution in [0.15, 0.2) is 47.4 Å². The first kappa shape index (κ1) is 19.0. The van der Waals surface area contributed by atoms with Gasteiger partial charge in [-0.25, -0.2) is 0 Å². The molecule has 1 aliphatic heterocycles. The zero-order valence-corrected chi connectivity index (χ0v) is 15.9. The summed E-state index contributed by atoms with van der Waals surface area (Å²) in [7, 11) is 0. The Hall–Kier alpha value is -2.80. The molecule has 0 radical (unpaired) electrons. The fourth-order valence-electron chi connectivity index (χ4n) is 2.77. The van der Waals surface area contributed by atoms with Gasteiger partial charge in [-0.05, 0) is 37.1 Å². The van der Waals surface area contributed by atoms with Gasteiger partial charge in [0.25, 0.3) is 5.91 Å². The van der Waals surface area contributed by atoms with Crippen molar-refractivity contribution in [2.45, 2.75) is 30.4 Å². The van der Waals surface area contributed by atoms with E-state index in [1.165, 1.54) is 11.8 Å². The largest absolute Gasteiger partial charge is 0.456 e. The SMILES string of the molecule is Cc1cccc(C)c1NC(=O)COC(=O)CC1Sc2ccccc2NC1=O.